The number of hydrogen-bond acceptors (Lipinski definition) is 3. The van der Waals surface area contributed by atoms with Crippen LogP contribution in [-0.2, 0) is 0 Å². The zero-order valence-electron chi connectivity index (χ0n) is 6.99. The van der Waals surface area contributed by atoms with Gasteiger partial charge in [-0.25, -0.2) is 0 Å². The predicted octanol–water partition coefficient (Wildman–Crippen LogP) is 2.29. The average Bonchev–Trinajstić information content (AvgIpc) is 2.16. The summed E-state index contributed by atoms with van der Waals surface area (Å²) in [5.41, 5.74) is 0. The maximum Gasteiger partial charge on any atom is 0.241 e. The first-order valence-corrected chi connectivity index (χ1v) is 4.14. The summed E-state index contributed by atoms with van der Waals surface area (Å²) < 4.78 is 5.05. The van der Waals surface area contributed by atoms with Gasteiger partial charge < -0.3 is 4.74 Å². The van der Waals surface area contributed by atoms with Crippen molar-refractivity contribution in [3.05, 3.63) is 29.4 Å². The summed E-state index contributed by atoms with van der Waals surface area (Å²) >= 11 is 5.83. The molecule has 0 radical (unpaired) electrons. The summed E-state index contributed by atoms with van der Waals surface area (Å²) in [5.74, 6) is 0.522. The Morgan fingerprint density at radius 2 is 2.23 bits per heavy atom. The Bertz CT molecular complexity index is 445. The highest BCUT2D eigenvalue weighted by Gasteiger charge is 2.02. The molecule has 3 nitrogen and oxygen atoms in total. The lowest BCUT2D eigenvalue weighted by molar-refractivity contribution is 0.398. The lowest BCUT2D eigenvalue weighted by atomic mass is 10.2. The van der Waals surface area contributed by atoms with Crippen LogP contribution in [-0.4, -0.2) is 17.3 Å². The summed E-state index contributed by atoms with van der Waals surface area (Å²) in [6.45, 7) is 0. The fourth-order valence-corrected chi connectivity index (χ4v) is 1.36. The van der Waals surface area contributed by atoms with Crippen molar-refractivity contribution >= 4 is 22.4 Å². The Morgan fingerprint density at radius 1 is 1.38 bits per heavy atom. The van der Waals surface area contributed by atoms with E-state index in [2.05, 4.69) is 10.2 Å². The first kappa shape index (κ1) is 8.26. The van der Waals surface area contributed by atoms with Gasteiger partial charge in [-0.2, -0.15) is 5.10 Å². The molecular weight excluding hydrogens is 188 g/mol. The standard InChI is InChI=1S/C9H7ClN2O/c1-13-9-8-3-2-7(10)4-6(8)5-11-12-9/h2-5H,1H3. The molecule has 0 N–H and O–H groups in total. The van der Waals surface area contributed by atoms with Crippen LogP contribution in [0.1, 0.15) is 0 Å². The molecule has 0 aliphatic rings. The molecule has 0 saturated carbocycles. The maximum absolute atomic E-state index is 5.83. The largest absolute Gasteiger partial charge is 0.479 e. The summed E-state index contributed by atoms with van der Waals surface area (Å²) in [6, 6.07) is 5.49. The minimum atomic E-state index is 0.522. The third kappa shape index (κ3) is 1.42. The van der Waals surface area contributed by atoms with E-state index in [0.29, 0.717) is 10.9 Å². The second-order valence-corrected chi connectivity index (χ2v) is 3.02. The van der Waals surface area contributed by atoms with Crippen LogP contribution < -0.4 is 4.74 Å². The van der Waals surface area contributed by atoms with Gasteiger partial charge in [0, 0.05) is 15.8 Å². The molecule has 0 unspecified atom stereocenters. The van der Waals surface area contributed by atoms with Crippen LogP contribution in [0.25, 0.3) is 10.8 Å². The molecule has 0 aliphatic carbocycles. The number of nitrogens with zero attached hydrogens (tertiary/aromatic N) is 2. The minimum absolute atomic E-state index is 0.522. The van der Waals surface area contributed by atoms with Crippen molar-refractivity contribution in [3.63, 3.8) is 0 Å². The molecule has 2 aromatic rings. The van der Waals surface area contributed by atoms with Crippen molar-refractivity contribution in [1.82, 2.24) is 10.2 Å². The van der Waals surface area contributed by atoms with Crippen molar-refractivity contribution in [2.75, 3.05) is 7.11 Å². The Morgan fingerprint density at radius 3 is 3.00 bits per heavy atom. The van der Waals surface area contributed by atoms with Crippen LogP contribution in [0.2, 0.25) is 5.02 Å². The Hall–Kier alpha value is -1.35. The predicted molar refractivity (Wildman–Crippen MR) is 51.1 cm³/mol. The molecule has 2 rings (SSSR count). The molecular formula is C9H7ClN2O. The molecule has 0 spiro atoms. The normalized spacial score (nSPS) is 10.3. The molecule has 0 fully saturated rings. The highest BCUT2D eigenvalue weighted by molar-refractivity contribution is 6.31. The number of ether oxygens (including phenoxy) is 1. The highest BCUT2D eigenvalue weighted by Crippen LogP contribution is 2.24. The zero-order valence-corrected chi connectivity index (χ0v) is 7.75. The second kappa shape index (κ2) is 3.18. The van der Waals surface area contributed by atoms with Gasteiger partial charge in [-0.05, 0) is 18.2 Å². The molecule has 1 aromatic heterocycles. The number of benzene rings is 1. The van der Waals surface area contributed by atoms with Gasteiger partial charge in [0.15, 0.2) is 0 Å². The van der Waals surface area contributed by atoms with Crippen molar-refractivity contribution in [3.8, 4) is 5.88 Å². The van der Waals surface area contributed by atoms with Crippen LogP contribution in [0.4, 0.5) is 0 Å². The van der Waals surface area contributed by atoms with Gasteiger partial charge in [0.25, 0.3) is 0 Å². The summed E-state index contributed by atoms with van der Waals surface area (Å²) in [7, 11) is 1.57. The molecule has 0 saturated heterocycles. The van der Waals surface area contributed by atoms with Crippen molar-refractivity contribution in [2.24, 2.45) is 0 Å². The number of methoxy groups -OCH3 is 1. The van der Waals surface area contributed by atoms with E-state index >= 15 is 0 Å². The minimum Gasteiger partial charge on any atom is -0.479 e. The van der Waals surface area contributed by atoms with Gasteiger partial charge in [0.2, 0.25) is 5.88 Å². The highest BCUT2D eigenvalue weighted by atomic mass is 35.5. The van der Waals surface area contributed by atoms with E-state index in [1.54, 1.807) is 19.4 Å². The molecule has 4 heteroatoms. The molecule has 0 amide bonds. The lowest BCUT2D eigenvalue weighted by Gasteiger charge is -2.02. The lowest BCUT2D eigenvalue weighted by Crippen LogP contribution is -1.91. The van der Waals surface area contributed by atoms with E-state index in [1.807, 2.05) is 12.1 Å². The number of halogens is 1. The van der Waals surface area contributed by atoms with E-state index in [1.165, 1.54) is 0 Å². The molecule has 0 aliphatic heterocycles. The number of hydrogen-bond donors (Lipinski definition) is 0. The van der Waals surface area contributed by atoms with E-state index in [0.717, 1.165) is 10.8 Å². The van der Waals surface area contributed by atoms with Crippen LogP contribution in [0, 0.1) is 0 Å². The molecule has 66 valence electrons. The van der Waals surface area contributed by atoms with Crippen LogP contribution in [0.3, 0.4) is 0 Å². The van der Waals surface area contributed by atoms with E-state index < -0.39 is 0 Å². The fraction of sp³-hybridized carbons (Fsp3) is 0.111. The Balaban J connectivity index is 2.77. The summed E-state index contributed by atoms with van der Waals surface area (Å²) in [4.78, 5) is 0. The smallest absolute Gasteiger partial charge is 0.241 e. The van der Waals surface area contributed by atoms with Crippen LogP contribution in [0.15, 0.2) is 24.4 Å². The molecule has 0 atom stereocenters. The first-order valence-electron chi connectivity index (χ1n) is 3.76. The summed E-state index contributed by atoms with van der Waals surface area (Å²) in [5, 5.41) is 10.2. The number of rotatable bonds is 1. The van der Waals surface area contributed by atoms with Crippen molar-refractivity contribution in [2.45, 2.75) is 0 Å². The van der Waals surface area contributed by atoms with Gasteiger partial charge in [-0.1, -0.05) is 11.6 Å². The third-order valence-electron chi connectivity index (χ3n) is 1.78. The van der Waals surface area contributed by atoms with Gasteiger partial charge >= 0.3 is 0 Å². The average molecular weight is 195 g/mol. The Kier molecular flexibility index (Phi) is 2.02. The van der Waals surface area contributed by atoms with Gasteiger partial charge in [0.05, 0.1) is 13.3 Å². The molecule has 13 heavy (non-hydrogen) atoms. The van der Waals surface area contributed by atoms with E-state index in [9.17, 15) is 0 Å². The van der Waals surface area contributed by atoms with Crippen LogP contribution >= 0.6 is 11.6 Å². The first-order chi connectivity index (χ1) is 6.31. The maximum atomic E-state index is 5.83. The Labute approximate surface area is 80.3 Å². The van der Waals surface area contributed by atoms with E-state index in [4.69, 9.17) is 16.3 Å². The molecule has 0 bridgehead atoms. The third-order valence-corrected chi connectivity index (χ3v) is 2.02. The van der Waals surface area contributed by atoms with Gasteiger partial charge in [0.1, 0.15) is 0 Å². The number of aromatic nitrogens is 2. The van der Waals surface area contributed by atoms with Crippen LogP contribution in [0.5, 0.6) is 5.88 Å². The molecule has 1 aromatic carbocycles. The van der Waals surface area contributed by atoms with Gasteiger partial charge in [-0.3, -0.25) is 0 Å². The summed E-state index contributed by atoms with van der Waals surface area (Å²) in [6.07, 6.45) is 1.66. The SMILES string of the molecule is COc1nncc2cc(Cl)ccc12. The van der Waals surface area contributed by atoms with Gasteiger partial charge in [-0.15, -0.1) is 5.10 Å². The quantitative estimate of drug-likeness (QED) is 0.699. The van der Waals surface area contributed by atoms with Crippen molar-refractivity contribution < 1.29 is 4.74 Å². The monoisotopic (exact) mass is 194 g/mol. The second-order valence-electron chi connectivity index (χ2n) is 2.59. The fourth-order valence-electron chi connectivity index (χ4n) is 1.18. The zero-order chi connectivity index (χ0) is 9.26. The van der Waals surface area contributed by atoms with E-state index in [-0.39, 0.29) is 0 Å². The van der Waals surface area contributed by atoms with Crippen molar-refractivity contribution in [1.29, 1.82) is 0 Å². The molecule has 1 heterocycles. The topological polar surface area (TPSA) is 35.0 Å². The number of fused-ring (bicyclic) bond motifs is 1.